The van der Waals surface area contributed by atoms with Gasteiger partial charge in [-0.2, -0.15) is 0 Å². The average Bonchev–Trinajstić information content (AvgIpc) is 2.69. The second-order valence-corrected chi connectivity index (χ2v) is 9.75. The van der Waals surface area contributed by atoms with Crippen molar-refractivity contribution in [3.8, 4) is 11.1 Å². The maximum atomic E-state index is 12.7. The predicted molar refractivity (Wildman–Crippen MR) is 116 cm³/mol. The molecule has 0 aromatic heterocycles. The summed E-state index contributed by atoms with van der Waals surface area (Å²) >= 11 is -2.79. The van der Waals surface area contributed by atoms with Gasteiger partial charge in [0.2, 0.25) is 0 Å². The molecule has 0 unspecified atom stereocenters. The molecule has 0 aliphatic carbocycles. The predicted octanol–water partition coefficient (Wildman–Crippen LogP) is 5.48. The first kappa shape index (κ1) is 19.1. The molecule has 27 heavy (non-hydrogen) atoms. The molecule has 0 bridgehead atoms. The Balaban J connectivity index is 2.15. The van der Waals surface area contributed by atoms with Crippen molar-refractivity contribution in [1.82, 2.24) is 0 Å². The number of nitrogens with zero attached hydrogens (tertiary/aromatic N) is 1. The zero-order chi connectivity index (χ0) is 19.2. The van der Waals surface area contributed by atoms with Crippen LogP contribution in [-0.2, 0) is 12.7 Å². The molecular weight excluding hydrogens is 453 g/mol. The number of anilines is 1. The summed E-state index contributed by atoms with van der Waals surface area (Å²) < 4.78 is 8.30. The number of hydrogen-bond donors (Lipinski definition) is 0. The molecule has 0 heterocycles. The number of para-hydroxylation sites is 1. The molecule has 0 aliphatic rings. The average molecular weight is 473 g/mol. The molecule has 3 rings (SSSR count). The Morgan fingerprint density at radius 3 is 1.93 bits per heavy atom. The van der Waals surface area contributed by atoms with Gasteiger partial charge in [0.15, 0.2) is 0 Å². The maximum absolute atomic E-state index is 12.7. The summed E-state index contributed by atoms with van der Waals surface area (Å²) in [5.74, 6) is -0.527. The molecule has 0 radical (unpaired) electrons. The zero-order valence-corrected chi connectivity index (χ0v) is 17.3. The van der Waals surface area contributed by atoms with Crippen molar-refractivity contribution in [2.75, 3.05) is 3.11 Å². The van der Waals surface area contributed by atoms with Gasteiger partial charge in [0, 0.05) is 0 Å². The summed E-state index contributed by atoms with van der Waals surface area (Å²) in [5, 5.41) is 0. The van der Waals surface area contributed by atoms with Crippen LogP contribution in [0.4, 0.5) is 5.69 Å². The minimum absolute atomic E-state index is 0.145. The zero-order valence-electron chi connectivity index (χ0n) is 15.1. The van der Waals surface area contributed by atoms with Crippen LogP contribution in [0.3, 0.4) is 0 Å². The van der Waals surface area contributed by atoms with Crippen LogP contribution >= 0.6 is 20.5 Å². The first-order chi connectivity index (χ1) is 13.1. The Labute approximate surface area is 167 Å². The molecule has 138 valence electrons. The number of carbonyl (C=O) groups excluding carboxylic acids is 2. The summed E-state index contributed by atoms with van der Waals surface area (Å²) in [7, 11) is 0. The third-order valence-corrected chi connectivity index (χ3v) is 8.63. The van der Waals surface area contributed by atoms with Gasteiger partial charge in [0.1, 0.15) is 0 Å². The fourth-order valence-electron chi connectivity index (χ4n) is 2.67. The summed E-state index contributed by atoms with van der Waals surface area (Å²) in [5.41, 5.74) is 2.69. The van der Waals surface area contributed by atoms with Crippen molar-refractivity contribution in [3.63, 3.8) is 0 Å². The van der Waals surface area contributed by atoms with E-state index in [0.29, 0.717) is 0 Å². The standard InChI is InChI=1S/C22H20INO3/c1-17(25)24(23(27-18(2)26)20-13-7-4-8-14-20)22-16-10-9-15-21(22)19-11-5-3-6-12-19/h3-16H,1-2H3. The van der Waals surface area contributed by atoms with Crippen LogP contribution in [0.1, 0.15) is 13.8 Å². The Bertz CT molecular complexity index is 929. The molecular formula is C22H20INO3. The van der Waals surface area contributed by atoms with E-state index in [-0.39, 0.29) is 11.9 Å². The van der Waals surface area contributed by atoms with E-state index in [1.165, 1.54) is 13.8 Å². The van der Waals surface area contributed by atoms with Gasteiger partial charge in [-0.25, -0.2) is 0 Å². The molecule has 0 fully saturated rings. The normalized spacial score (nSPS) is 10.8. The third kappa shape index (κ3) is 4.54. The van der Waals surface area contributed by atoms with E-state index in [4.69, 9.17) is 3.07 Å². The van der Waals surface area contributed by atoms with Crippen LogP contribution in [0.25, 0.3) is 11.1 Å². The number of amides is 1. The van der Waals surface area contributed by atoms with Crippen molar-refractivity contribution < 1.29 is 12.7 Å². The molecule has 4 nitrogen and oxygen atoms in total. The molecule has 0 saturated heterocycles. The Morgan fingerprint density at radius 1 is 0.778 bits per heavy atom. The number of hydrogen-bond acceptors (Lipinski definition) is 3. The molecule has 3 aromatic carbocycles. The first-order valence-electron chi connectivity index (χ1n) is 8.47. The first-order valence-corrected chi connectivity index (χ1v) is 11.4. The molecule has 1 amide bonds. The van der Waals surface area contributed by atoms with Gasteiger partial charge in [-0.15, -0.1) is 0 Å². The topological polar surface area (TPSA) is 46.6 Å². The quantitative estimate of drug-likeness (QED) is 0.365. The summed E-state index contributed by atoms with van der Waals surface area (Å²) in [4.78, 5) is 24.5. The van der Waals surface area contributed by atoms with E-state index in [2.05, 4.69) is 0 Å². The van der Waals surface area contributed by atoms with Crippen LogP contribution in [0.15, 0.2) is 84.9 Å². The van der Waals surface area contributed by atoms with E-state index in [0.717, 1.165) is 20.4 Å². The van der Waals surface area contributed by atoms with Gasteiger partial charge in [-0.05, 0) is 0 Å². The van der Waals surface area contributed by atoms with Gasteiger partial charge in [-0.1, -0.05) is 0 Å². The van der Waals surface area contributed by atoms with Crippen LogP contribution in [0.2, 0.25) is 0 Å². The summed E-state index contributed by atoms with van der Waals surface area (Å²) in [6.07, 6.45) is 0. The van der Waals surface area contributed by atoms with Crippen LogP contribution in [0.5, 0.6) is 0 Å². The molecule has 0 atom stereocenters. The van der Waals surface area contributed by atoms with Crippen LogP contribution < -0.4 is 3.11 Å². The number of carbonyl (C=O) groups is 2. The molecule has 0 N–H and O–H groups in total. The van der Waals surface area contributed by atoms with Crippen molar-refractivity contribution in [1.29, 1.82) is 0 Å². The fraction of sp³-hybridized carbons (Fsp3) is 0.0909. The minimum atomic E-state index is -2.79. The van der Waals surface area contributed by atoms with Gasteiger partial charge in [-0.3, -0.25) is 0 Å². The van der Waals surface area contributed by atoms with Gasteiger partial charge >= 0.3 is 167 Å². The van der Waals surface area contributed by atoms with E-state index < -0.39 is 20.5 Å². The van der Waals surface area contributed by atoms with E-state index in [1.807, 2.05) is 84.9 Å². The second kappa shape index (κ2) is 8.81. The van der Waals surface area contributed by atoms with Gasteiger partial charge in [0.05, 0.1) is 0 Å². The summed E-state index contributed by atoms with van der Waals surface area (Å²) in [6.45, 7) is 2.90. The SMILES string of the molecule is CC(=O)OI(c1ccccc1)N(C(C)=O)c1ccccc1-c1ccccc1. The molecule has 3 aromatic rings. The Hall–Kier alpha value is -2.67. The number of rotatable bonds is 5. The Kier molecular flexibility index (Phi) is 6.24. The van der Waals surface area contributed by atoms with Crippen molar-refractivity contribution in [2.45, 2.75) is 13.8 Å². The molecule has 0 saturated carbocycles. The molecule has 0 aliphatic heterocycles. The monoisotopic (exact) mass is 473 g/mol. The van der Waals surface area contributed by atoms with E-state index >= 15 is 0 Å². The van der Waals surface area contributed by atoms with Crippen LogP contribution in [-0.4, -0.2) is 11.9 Å². The molecule has 5 heteroatoms. The van der Waals surface area contributed by atoms with Crippen molar-refractivity contribution in [3.05, 3.63) is 88.5 Å². The fourth-order valence-corrected chi connectivity index (χ4v) is 6.81. The van der Waals surface area contributed by atoms with Gasteiger partial charge < -0.3 is 0 Å². The number of benzene rings is 3. The second-order valence-electron chi connectivity index (χ2n) is 5.78. The third-order valence-electron chi connectivity index (χ3n) is 3.73. The molecule has 0 spiro atoms. The van der Waals surface area contributed by atoms with E-state index in [1.54, 1.807) is 3.11 Å². The Morgan fingerprint density at radius 2 is 1.33 bits per heavy atom. The van der Waals surface area contributed by atoms with Crippen molar-refractivity contribution in [2.24, 2.45) is 0 Å². The summed E-state index contributed by atoms with van der Waals surface area (Å²) in [6, 6.07) is 27.1. The van der Waals surface area contributed by atoms with Crippen molar-refractivity contribution >= 4 is 38.1 Å². The van der Waals surface area contributed by atoms with Crippen LogP contribution in [0, 0.1) is 3.57 Å². The van der Waals surface area contributed by atoms with Gasteiger partial charge in [0.25, 0.3) is 0 Å². The number of halogens is 1. The van der Waals surface area contributed by atoms with E-state index in [9.17, 15) is 9.59 Å².